The fraction of sp³-hybridized carbons (Fsp3) is 0.500. The number of carbonyl (C=O) groups is 2. The van der Waals surface area contributed by atoms with Gasteiger partial charge in [0.15, 0.2) is 5.78 Å². The second-order valence-electron chi connectivity index (χ2n) is 6.45. The summed E-state index contributed by atoms with van der Waals surface area (Å²) in [5.41, 5.74) is 1.08. The van der Waals surface area contributed by atoms with Crippen molar-refractivity contribution in [3.8, 4) is 0 Å². The van der Waals surface area contributed by atoms with Gasteiger partial charge in [-0.25, -0.2) is 0 Å². The Morgan fingerprint density at radius 2 is 1.77 bits per heavy atom. The summed E-state index contributed by atoms with van der Waals surface area (Å²) < 4.78 is 0. The molecule has 0 N–H and O–H groups in total. The van der Waals surface area contributed by atoms with Crippen molar-refractivity contribution in [2.24, 2.45) is 16.8 Å². The van der Waals surface area contributed by atoms with Gasteiger partial charge in [-0.05, 0) is 18.3 Å². The van der Waals surface area contributed by atoms with Crippen molar-refractivity contribution in [1.82, 2.24) is 0 Å². The zero-order chi connectivity index (χ0) is 15.9. The molecule has 2 aliphatic carbocycles. The highest BCUT2D eigenvalue weighted by Crippen LogP contribution is 2.33. The average molecular weight is 318 g/mol. The van der Waals surface area contributed by atoms with Crippen molar-refractivity contribution >= 4 is 28.9 Å². The molecule has 1 aromatic rings. The van der Waals surface area contributed by atoms with E-state index in [9.17, 15) is 9.59 Å². The Hall–Kier alpha value is -1.48. The van der Waals surface area contributed by atoms with Gasteiger partial charge in [0.2, 0.25) is 5.78 Å². The van der Waals surface area contributed by atoms with Crippen LogP contribution in [0.5, 0.6) is 0 Å². The summed E-state index contributed by atoms with van der Waals surface area (Å²) >= 11 is 6.26. The van der Waals surface area contributed by atoms with Gasteiger partial charge in [0.1, 0.15) is 11.1 Å². The molecule has 2 aliphatic rings. The molecule has 3 rings (SSSR count). The van der Waals surface area contributed by atoms with E-state index in [1.54, 1.807) is 24.3 Å². The molecule has 116 valence electrons. The molecule has 0 bridgehead atoms. The van der Waals surface area contributed by atoms with Gasteiger partial charge in [0, 0.05) is 11.1 Å². The second kappa shape index (κ2) is 5.96. The fourth-order valence-electron chi connectivity index (χ4n) is 3.45. The average Bonchev–Trinajstić information content (AvgIpc) is 2.53. The minimum Gasteiger partial charge on any atom is -0.292 e. The lowest BCUT2D eigenvalue weighted by molar-refractivity contribution is 0.0966. The largest absolute Gasteiger partial charge is 0.292 e. The van der Waals surface area contributed by atoms with E-state index in [0.29, 0.717) is 23.0 Å². The molecule has 0 aliphatic heterocycles. The molecule has 4 atom stereocenters. The SMILES string of the molecule is C[C@@H]1[C@H](C)CCC[C@@H]1N=C1C(=O)c2ccccc2C(=O)C1Cl. The third-order valence-electron chi connectivity index (χ3n) is 5.11. The van der Waals surface area contributed by atoms with E-state index in [2.05, 4.69) is 18.8 Å². The first kappa shape index (κ1) is 15.4. The first-order valence-corrected chi connectivity index (χ1v) is 8.34. The maximum Gasteiger partial charge on any atom is 0.209 e. The van der Waals surface area contributed by atoms with Crippen LogP contribution in [0.2, 0.25) is 0 Å². The molecule has 1 fully saturated rings. The Balaban J connectivity index is 1.99. The lowest BCUT2D eigenvalue weighted by Crippen LogP contribution is -2.40. The standard InChI is InChI=1S/C18H20ClNO2/c1-10-6-5-9-14(11(10)2)20-16-15(19)17(21)12-7-3-4-8-13(12)18(16)22/h3-4,7-8,10-11,14-15H,5-6,9H2,1-2H3/t10-,11-,14+,15?/m1/s1. The van der Waals surface area contributed by atoms with Crippen LogP contribution in [0.15, 0.2) is 29.3 Å². The van der Waals surface area contributed by atoms with Crippen molar-refractivity contribution in [3.63, 3.8) is 0 Å². The molecule has 1 aromatic carbocycles. The number of nitrogens with zero attached hydrogens (tertiary/aromatic N) is 1. The van der Waals surface area contributed by atoms with Crippen molar-refractivity contribution in [3.05, 3.63) is 35.4 Å². The van der Waals surface area contributed by atoms with Crippen LogP contribution in [0, 0.1) is 11.8 Å². The lowest BCUT2D eigenvalue weighted by Gasteiger charge is -2.32. The third kappa shape index (κ3) is 2.52. The number of fused-ring (bicyclic) bond motifs is 1. The molecule has 0 amide bonds. The van der Waals surface area contributed by atoms with Crippen LogP contribution in [0.4, 0.5) is 0 Å². The van der Waals surface area contributed by atoms with Crippen LogP contribution >= 0.6 is 11.6 Å². The Morgan fingerprint density at radius 1 is 1.09 bits per heavy atom. The number of carbonyl (C=O) groups excluding carboxylic acids is 2. The summed E-state index contributed by atoms with van der Waals surface area (Å²) in [6.45, 7) is 4.39. The lowest BCUT2D eigenvalue weighted by atomic mass is 9.78. The molecule has 1 unspecified atom stereocenters. The van der Waals surface area contributed by atoms with Crippen LogP contribution in [0.3, 0.4) is 0 Å². The third-order valence-corrected chi connectivity index (χ3v) is 5.51. The summed E-state index contributed by atoms with van der Waals surface area (Å²) in [4.78, 5) is 29.7. The smallest absolute Gasteiger partial charge is 0.209 e. The first-order chi connectivity index (χ1) is 10.5. The molecule has 3 nitrogen and oxygen atoms in total. The maximum absolute atomic E-state index is 12.7. The van der Waals surface area contributed by atoms with E-state index in [4.69, 9.17) is 11.6 Å². The van der Waals surface area contributed by atoms with Crippen LogP contribution < -0.4 is 0 Å². The van der Waals surface area contributed by atoms with E-state index >= 15 is 0 Å². The number of benzene rings is 1. The second-order valence-corrected chi connectivity index (χ2v) is 6.89. The molecule has 0 spiro atoms. The Kier molecular flexibility index (Phi) is 4.18. The Labute approximate surface area is 135 Å². The highest BCUT2D eigenvalue weighted by Gasteiger charge is 2.38. The number of alkyl halides is 1. The van der Waals surface area contributed by atoms with Gasteiger partial charge in [-0.1, -0.05) is 51.0 Å². The molecule has 1 saturated carbocycles. The molecule has 4 heteroatoms. The van der Waals surface area contributed by atoms with Gasteiger partial charge in [0.05, 0.1) is 6.04 Å². The molecule has 0 saturated heterocycles. The van der Waals surface area contributed by atoms with Gasteiger partial charge in [-0.15, -0.1) is 11.6 Å². The maximum atomic E-state index is 12.7. The number of ketones is 2. The molecule has 0 aromatic heterocycles. The first-order valence-electron chi connectivity index (χ1n) is 7.90. The minimum atomic E-state index is -0.952. The highest BCUT2D eigenvalue weighted by molar-refractivity contribution is 6.64. The van der Waals surface area contributed by atoms with Gasteiger partial charge < -0.3 is 0 Å². The molecule has 0 radical (unpaired) electrons. The summed E-state index contributed by atoms with van der Waals surface area (Å²) in [6, 6.07) is 6.94. The number of aliphatic imine (C=N–C) groups is 1. The molecule has 22 heavy (non-hydrogen) atoms. The normalized spacial score (nSPS) is 33.9. The monoisotopic (exact) mass is 317 g/mol. The topological polar surface area (TPSA) is 46.5 Å². The Bertz CT molecular complexity index is 652. The van der Waals surface area contributed by atoms with Crippen molar-refractivity contribution in [2.75, 3.05) is 0 Å². The van der Waals surface area contributed by atoms with Gasteiger partial charge in [-0.2, -0.15) is 0 Å². The van der Waals surface area contributed by atoms with Crippen molar-refractivity contribution < 1.29 is 9.59 Å². The van der Waals surface area contributed by atoms with Gasteiger partial charge in [0.25, 0.3) is 0 Å². The van der Waals surface area contributed by atoms with Crippen LogP contribution in [-0.2, 0) is 0 Å². The minimum absolute atomic E-state index is 0.0852. The zero-order valence-corrected chi connectivity index (χ0v) is 13.6. The van der Waals surface area contributed by atoms with E-state index in [0.717, 1.165) is 12.8 Å². The molecular weight excluding hydrogens is 298 g/mol. The van der Waals surface area contributed by atoms with Crippen molar-refractivity contribution in [2.45, 2.75) is 44.5 Å². The van der Waals surface area contributed by atoms with Gasteiger partial charge >= 0.3 is 0 Å². The quantitative estimate of drug-likeness (QED) is 0.736. The van der Waals surface area contributed by atoms with Gasteiger partial charge in [-0.3, -0.25) is 14.6 Å². The Morgan fingerprint density at radius 3 is 2.50 bits per heavy atom. The molecule has 0 heterocycles. The summed E-state index contributed by atoms with van der Waals surface area (Å²) in [5.74, 6) is 0.580. The predicted molar refractivity (Wildman–Crippen MR) is 88.1 cm³/mol. The van der Waals surface area contributed by atoms with E-state index in [1.165, 1.54) is 6.42 Å². The number of hydrogen-bond acceptors (Lipinski definition) is 3. The number of hydrogen-bond donors (Lipinski definition) is 0. The van der Waals surface area contributed by atoms with E-state index < -0.39 is 5.38 Å². The number of rotatable bonds is 1. The van der Waals surface area contributed by atoms with Crippen molar-refractivity contribution in [1.29, 1.82) is 0 Å². The predicted octanol–water partition coefficient (Wildman–Crippen LogP) is 3.94. The van der Waals surface area contributed by atoms with Crippen LogP contribution in [0.25, 0.3) is 0 Å². The number of halogens is 1. The van der Waals surface area contributed by atoms with Crippen LogP contribution in [0.1, 0.15) is 53.8 Å². The summed E-state index contributed by atoms with van der Waals surface area (Å²) in [5, 5.41) is -0.952. The summed E-state index contributed by atoms with van der Waals surface area (Å²) in [6.07, 6.45) is 3.27. The van der Waals surface area contributed by atoms with E-state index in [1.807, 2.05) is 0 Å². The zero-order valence-electron chi connectivity index (χ0n) is 12.9. The van der Waals surface area contributed by atoms with E-state index in [-0.39, 0.29) is 23.3 Å². The summed E-state index contributed by atoms with van der Waals surface area (Å²) in [7, 11) is 0. The molecular formula is C18H20ClNO2. The highest BCUT2D eigenvalue weighted by atomic mass is 35.5. The van der Waals surface area contributed by atoms with Crippen LogP contribution in [-0.4, -0.2) is 28.7 Å². The number of Topliss-reactive ketones (excluding diaryl/α,β-unsaturated/α-hetero) is 2. The fourth-order valence-corrected chi connectivity index (χ4v) is 3.72.